The van der Waals surface area contributed by atoms with Gasteiger partial charge in [0, 0.05) is 10.4 Å². The molecule has 0 spiro atoms. The van der Waals surface area contributed by atoms with Crippen LogP contribution in [0.1, 0.15) is 16.5 Å². The summed E-state index contributed by atoms with van der Waals surface area (Å²) >= 11 is 4.86. The Balaban J connectivity index is 2.51. The van der Waals surface area contributed by atoms with Crippen molar-refractivity contribution in [3.05, 3.63) is 38.5 Å². The third kappa shape index (κ3) is 2.77. The number of benzene rings is 1. The van der Waals surface area contributed by atoms with Crippen LogP contribution in [0.2, 0.25) is 0 Å². The van der Waals surface area contributed by atoms with Crippen molar-refractivity contribution in [2.75, 3.05) is 21.3 Å². The molecule has 1 unspecified atom stereocenters. The van der Waals surface area contributed by atoms with Crippen LogP contribution >= 0.6 is 27.3 Å². The summed E-state index contributed by atoms with van der Waals surface area (Å²) in [5.41, 5.74) is 0.638. The average molecular weight is 359 g/mol. The number of hydrogen-bond acceptors (Lipinski definition) is 5. The molecule has 0 saturated heterocycles. The second kappa shape index (κ2) is 6.47. The number of ether oxygens (including phenoxy) is 3. The van der Waals surface area contributed by atoms with E-state index in [4.69, 9.17) is 14.2 Å². The molecule has 0 amide bonds. The molecule has 0 aliphatic carbocycles. The van der Waals surface area contributed by atoms with E-state index in [1.54, 1.807) is 19.2 Å². The molecule has 1 N–H and O–H groups in total. The molecule has 1 aromatic heterocycles. The van der Waals surface area contributed by atoms with Crippen LogP contribution in [-0.4, -0.2) is 26.4 Å². The van der Waals surface area contributed by atoms with Crippen molar-refractivity contribution in [2.24, 2.45) is 0 Å². The first-order chi connectivity index (χ1) is 9.62. The zero-order chi connectivity index (χ0) is 14.7. The lowest BCUT2D eigenvalue weighted by Crippen LogP contribution is -2.03. The van der Waals surface area contributed by atoms with Crippen LogP contribution in [0.15, 0.2) is 28.1 Å². The molecule has 0 radical (unpaired) electrons. The van der Waals surface area contributed by atoms with E-state index in [0.29, 0.717) is 22.8 Å². The zero-order valence-corrected chi connectivity index (χ0v) is 13.7. The van der Waals surface area contributed by atoms with E-state index in [0.717, 1.165) is 8.66 Å². The maximum Gasteiger partial charge on any atom is 0.203 e. The lowest BCUT2D eigenvalue weighted by atomic mass is 10.1. The predicted octanol–water partition coefficient (Wildman–Crippen LogP) is 3.62. The van der Waals surface area contributed by atoms with Gasteiger partial charge in [-0.2, -0.15) is 0 Å². The average Bonchev–Trinajstić information content (AvgIpc) is 2.91. The monoisotopic (exact) mass is 358 g/mol. The number of methoxy groups -OCH3 is 3. The van der Waals surface area contributed by atoms with Crippen LogP contribution in [-0.2, 0) is 0 Å². The fourth-order valence-corrected chi connectivity index (χ4v) is 3.40. The Labute approximate surface area is 130 Å². The predicted molar refractivity (Wildman–Crippen MR) is 82.2 cm³/mol. The van der Waals surface area contributed by atoms with Gasteiger partial charge in [0.2, 0.25) is 5.75 Å². The Hall–Kier alpha value is -1.24. The summed E-state index contributed by atoms with van der Waals surface area (Å²) in [6, 6.07) is 7.30. The quantitative estimate of drug-likeness (QED) is 0.886. The molecule has 6 heteroatoms. The standard InChI is InChI=1S/C14H15BrO4S/c1-17-9-5-4-8(13(18-2)14(9)19-3)12(16)10-6-7-11(15)20-10/h4-7,12,16H,1-3H3. The highest BCUT2D eigenvalue weighted by atomic mass is 79.9. The molecule has 1 aromatic carbocycles. The first-order valence-electron chi connectivity index (χ1n) is 5.84. The Morgan fingerprint density at radius 2 is 1.70 bits per heavy atom. The lowest BCUT2D eigenvalue weighted by Gasteiger charge is -2.18. The highest BCUT2D eigenvalue weighted by Crippen LogP contribution is 2.44. The topological polar surface area (TPSA) is 47.9 Å². The minimum absolute atomic E-state index is 0.474. The first kappa shape index (κ1) is 15.2. The minimum atomic E-state index is -0.777. The fraction of sp³-hybridized carbons (Fsp3) is 0.286. The highest BCUT2D eigenvalue weighted by Gasteiger charge is 2.22. The van der Waals surface area contributed by atoms with Gasteiger partial charge < -0.3 is 19.3 Å². The lowest BCUT2D eigenvalue weighted by molar-refractivity contribution is 0.216. The molecule has 1 atom stereocenters. The molecule has 0 fully saturated rings. The third-order valence-corrected chi connectivity index (χ3v) is 4.57. The van der Waals surface area contributed by atoms with Crippen LogP contribution in [0, 0.1) is 0 Å². The highest BCUT2D eigenvalue weighted by molar-refractivity contribution is 9.11. The van der Waals surface area contributed by atoms with Gasteiger partial charge in [-0.05, 0) is 40.2 Å². The van der Waals surface area contributed by atoms with Gasteiger partial charge in [0.15, 0.2) is 11.5 Å². The van der Waals surface area contributed by atoms with E-state index < -0.39 is 6.10 Å². The van der Waals surface area contributed by atoms with Gasteiger partial charge in [-0.3, -0.25) is 0 Å². The van der Waals surface area contributed by atoms with E-state index in [-0.39, 0.29) is 0 Å². The maximum atomic E-state index is 10.5. The van der Waals surface area contributed by atoms with Crippen molar-refractivity contribution >= 4 is 27.3 Å². The van der Waals surface area contributed by atoms with Crippen LogP contribution in [0.4, 0.5) is 0 Å². The summed E-state index contributed by atoms with van der Waals surface area (Å²) in [7, 11) is 4.64. The number of aliphatic hydroxyl groups is 1. The largest absolute Gasteiger partial charge is 0.493 e. The Kier molecular flexibility index (Phi) is 4.91. The molecule has 4 nitrogen and oxygen atoms in total. The van der Waals surface area contributed by atoms with Gasteiger partial charge in [0.05, 0.1) is 25.1 Å². The number of aliphatic hydroxyl groups excluding tert-OH is 1. The first-order valence-corrected chi connectivity index (χ1v) is 7.45. The van der Waals surface area contributed by atoms with Crippen molar-refractivity contribution in [2.45, 2.75) is 6.10 Å². The number of rotatable bonds is 5. The Bertz CT molecular complexity index is 597. The van der Waals surface area contributed by atoms with Crippen molar-refractivity contribution in [1.29, 1.82) is 0 Å². The van der Waals surface area contributed by atoms with Gasteiger partial charge in [-0.15, -0.1) is 11.3 Å². The molecule has 0 bridgehead atoms. The molecule has 2 aromatic rings. The number of halogens is 1. The zero-order valence-electron chi connectivity index (χ0n) is 11.3. The van der Waals surface area contributed by atoms with E-state index in [1.807, 2.05) is 12.1 Å². The van der Waals surface area contributed by atoms with Crippen LogP contribution < -0.4 is 14.2 Å². The van der Waals surface area contributed by atoms with E-state index in [9.17, 15) is 5.11 Å². The summed E-state index contributed by atoms with van der Waals surface area (Å²) in [6.07, 6.45) is -0.777. The number of hydrogen-bond donors (Lipinski definition) is 1. The SMILES string of the molecule is COc1ccc(C(O)c2ccc(Br)s2)c(OC)c1OC. The summed E-state index contributed by atoms with van der Waals surface area (Å²) in [4.78, 5) is 0.822. The number of thiophene rings is 1. The van der Waals surface area contributed by atoms with Crippen LogP contribution in [0.5, 0.6) is 17.2 Å². The second-order valence-electron chi connectivity index (χ2n) is 3.97. The molecule has 0 aliphatic heterocycles. The van der Waals surface area contributed by atoms with Gasteiger partial charge >= 0.3 is 0 Å². The molecule has 20 heavy (non-hydrogen) atoms. The van der Waals surface area contributed by atoms with Crippen molar-refractivity contribution in [3.8, 4) is 17.2 Å². The minimum Gasteiger partial charge on any atom is -0.493 e. The van der Waals surface area contributed by atoms with E-state index in [1.165, 1.54) is 25.6 Å². The Morgan fingerprint density at radius 3 is 2.20 bits per heavy atom. The molecule has 0 aliphatic rings. The molecule has 2 rings (SSSR count). The van der Waals surface area contributed by atoms with Crippen molar-refractivity contribution in [1.82, 2.24) is 0 Å². The maximum absolute atomic E-state index is 10.5. The van der Waals surface area contributed by atoms with E-state index >= 15 is 0 Å². The Morgan fingerprint density at radius 1 is 1.00 bits per heavy atom. The van der Waals surface area contributed by atoms with Crippen LogP contribution in [0.3, 0.4) is 0 Å². The van der Waals surface area contributed by atoms with Gasteiger partial charge in [0.1, 0.15) is 6.10 Å². The van der Waals surface area contributed by atoms with Crippen molar-refractivity contribution in [3.63, 3.8) is 0 Å². The summed E-state index contributed by atoms with van der Waals surface area (Å²) in [5, 5.41) is 10.5. The van der Waals surface area contributed by atoms with Gasteiger partial charge in [-0.1, -0.05) is 0 Å². The van der Waals surface area contributed by atoms with Crippen molar-refractivity contribution < 1.29 is 19.3 Å². The van der Waals surface area contributed by atoms with E-state index in [2.05, 4.69) is 15.9 Å². The summed E-state index contributed by atoms with van der Waals surface area (Å²) in [6.45, 7) is 0. The second-order valence-corrected chi connectivity index (χ2v) is 6.46. The fourth-order valence-electron chi connectivity index (χ4n) is 1.97. The molecule has 1 heterocycles. The normalized spacial score (nSPS) is 12.1. The van der Waals surface area contributed by atoms with Gasteiger partial charge in [-0.25, -0.2) is 0 Å². The summed E-state index contributed by atoms with van der Waals surface area (Å²) in [5.74, 6) is 1.51. The smallest absolute Gasteiger partial charge is 0.203 e. The molecule has 108 valence electrons. The summed E-state index contributed by atoms with van der Waals surface area (Å²) < 4.78 is 16.9. The van der Waals surface area contributed by atoms with Gasteiger partial charge in [0.25, 0.3) is 0 Å². The molecular weight excluding hydrogens is 344 g/mol. The third-order valence-electron chi connectivity index (χ3n) is 2.89. The molecule has 0 saturated carbocycles. The molecular formula is C14H15BrO4S. The van der Waals surface area contributed by atoms with Crippen LogP contribution in [0.25, 0.3) is 0 Å².